The highest BCUT2D eigenvalue weighted by Crippen LogP contribution is 2.32. The molecule has 1 atom stereocenters. The summed E-state index contributed by atoms with van der Waals surface area (Å²) in [6, 6.07) is 6.01. The summed E-state index contributed by atoms with van der Waals surface area (Å²) in [6.07, 6.45) is 6.93. The molecule has 2 heterocycles. The third-order valence-electron chi connectivity index (χ3n) is 5.65. The Morgan fingerprint density at radius 3 is 2.50 bits per heavy atom. The lowest BCUT2D eigenvalue weighted by molar-refractivity contribution is -0.137. The number of piperidine rings is 1. The number of para-hydroxylation sites is 1. The standard InChI is InChI=1S/C21H32N2O3/c1-25-19-11-7-9-17(20(19)26-2)15-22-12-8-10-18(16-22)21(24)23-13-5-3-4-6-14-23/h7,9,11,18H,3-6,8,10,12-16H2,1-2H3/t18-/m0/s1. The average molecular weight is 360 g/mol. The van der Waals surface area contributed by atoms with E-state index < -0.39 is 0 Å². The molecule has 2 aliphatic heterocycles. The Bertz CT molecular complexity index is 597. The fourth-order valence-corrected chi connectivity index (χ4v) is 4.27. The Labute approximate surface area is 157 Å². The highest BCUT2D eigenvalue weighted by molar-refractivity contribution is 5.79. The van der Waals surface area contributed by atoms with E-state index >= 15 is 0 Å². The van der Waals surface area contributed by atoms with Crippen molar-refractivity contribution >= 4 is 5.91 Å². The van der Waals surface area contributed by atoms with Crippen LogP contribution >= 0.6 is 0 Å². The second-order valence-corrected chi connectivity index (χ2v) is 7.47. The molecular formula is C21H32N2O3. The van der Waals surface area contributed by atoms with Crippen molar-refractivity contribution < 1.29 is 14.3 Å². The predicted octanol–water partition coefficient (Wildman–Crippen LogP) is 3.32. The minimum atomic E-state index is 0.137. The molecule has 0 aliphatic carbocycles. The van der Waals surface area contributed by atoms with Crippen LogP contribution in [0.4, 0.5) is 0 Å². The van der Waals surface area contributed by atoms with Crippen molar-refractivity contribution in [2.45, 2.75) is 45.1 Å². The maximum atomic E-state index is 13.0. The van der Waals surface area contributed by atoms with Crippen LogP contribution in [0.3, 0.4) is 0 Å². The van der Waals surface area contributed by atoms with Gasteiger partial charge in [-0.3, -0.25) is 9.69 Å². The predicted molar refractivity (Wildman–Crippen MR) is 103 cm³/mol. The molecule has 2 saturated heterocycles. The molecule has 0 saturated carbocycles. The van der Waals surface area contributed by atoms with Gasteiger partial charge in [0.15, 0.2) is 11.5 Å². The van der Waals surface area contributed by atoms with E-state index in [-0.39, 0.29) is 5.92 Å². The number of rotatable bonds is 5. The van der Waals surface area contributed by atoms with Gasteiger partial charge >= 0.3 is 0 Å². The number of likely N-dealkylation sites (tertiary alicyclic amines) is 2. The van der Waals surface area contributed by atoms with Crippen molar-refractivity contribution in [1.82, 2.24) is 9.80 Å². The van der Waals surface area contributed by atoms with Crippen molar-refractivity contribution in [3.8, 4) is 11.5 Å². The summed E-state index contributed by atoms with van der Waals surface area (Å²) in [6.45, 7) is 4.56. The van der Waals surface area contributed by atoms with Crippen LogP contribution in [0.2, 0.25) is 0 Å². The number of hydrogen-bond donors (Lipinski definition) is 0. The number of methoxy groups -OCH3 is 2. The Hall–Kier alpha value is -1.75. The Kier molecular flexibility index (Phi) is 6.78. The van der Waals surface area contributed by atoms with E-state index in [1.165, 1.54) is 12.8 Å². The van der Waals surface area contributed by atoms with Crippen LogP contribution in [0.25, 0.3) is 0 Å². The van der Waals surface area contributed by atoms with Crippen molar-refractivity contribution in [2.75, 3.05) is 40.4 Å². The number of ether oxygens (including phenoxy) is 2. The van der Waals surface area contributed by atoms with Gasteiger partial charge in [0.05, 0.1) is 20.1 Å². The maximum absolute atomic E-state index is 13.0. The average Bonchev–Trinajstić information content (AvgIpc) is 2.97. The van der Waals surface area contributed by atoms with Crippen molar-refractivity contribution in [2.24, 2.45) is 5.92 Å². The van der Waals surface area contributed by atoms with Gasteiger partial charge in [0, 0.05) is 31.7 Å². The highest BCUT2D eigenvalue weighted by Gasteiger charge is 2.30. The molecule has 0 unspecified atom stereocenters. The summed E-state index contributed by atoms with van der Waals surface area (Å²) in [5.41, 5.74) is 1.12. The summed E-state index contributed by atoms with van der Waals surface area (Å²) in [4.78, 5) is 17.5. The molecule has 0 aromatic heterocycles. The molecular weight excluding hydrogens is 328 g/mol. The molecule has 5 nitrogen and oxygen atoms in total. The molecule has 1 aromatic carbocycles. The van der Waals surface area contributed by atoms with Crippen LogP contribution in [0.15, 0.2) is 18.2 Å². The van der Waals surface area contributed by atoms with Gasteiger partial charge in [-0.2, -0.15) is 0 Å². The van der Waals surface area contributed by atoms with Gasteiger partial charge < -0.3 is 14.4 Å². The maximum Gasteiger partial charge on any atom is 0.226 e. The molecule has 2 aliphatic rings. The van der Waals surface area contributed by atoms with E-state index in [4.69, 9.17) is 9.47 Å². The van der Waals surface area contributed by atoms with E-state index in [1.807, 2.05) is 12.1 Å². The first-order valence-electron chi connectivity index (χ1n) is 9.94. The van der Waals surface area contributed by atoms with E-state index in [9.17, 15) is 4.79 Å². The number of benzene rings is 1. The molecule has 1 aromatic rings. The Balaban J connectivity index is 1.64. The molecule has 0 bridgehead atoms. The topological polar surface area (TPSA) is 42.0 Å². The lowest BCUT2D eigenvalue weighted by Crippen LogP contribution is -2.44. The fraction of sp³-hybridized carbons (Fsp3) is 0.667. The summed E-state index contributed by atoms with van der Waals surface area (Å²) in [5, 5.41) is 0. The second kappa shape index (κ2) is 9.26. The number of carbonyl (C=O) groups excluding carboxylic acids is 1. The summed E-state index contributed by atoms with van der Waals surface area (Å²) >= 11 is 0. The second-order valence-electron chi connectivity index (χ2n) is 7.47. The zero-order valence-corrected chi connectivity index (χ0v) is 16.2. The van der Waals surface area contributed by atoms with Crippen molar-refractivity contribution in [3.05, 3.63) is 23.8 Å². The van der Waals surface area contributed by atoms with Crippen LogP contribution in [-0.4, -0.2) is 56.1 Å². The summed E-state index contributed by atoms with van der Waals surface area (Å²) in [5.74, 6) is 2.07. The van der Waals surface area contributed by atoms with Crippen LogP contribution in [0.1, 0.15) is 44.1 Å². The van der Waals surface area contributed by atoms with Gasteiger partial charge in [-0.15, -0.1) is 0 Å². The SMILES string of the molecule is COc1cccc(CN2CCC[C@H](C(=O)N3CCCCCC3)C2)c1OC. The van der Waals surface area contributed by atoms with Crippen LogP contribution in [0, 0.1) is 5.92 Å². The number of nitrogens with zero attached hydrogens (tertiary/aromatic N) is 2. The van der Waals surface area contributed by atoms with E-state index in [0.717, 1.165) is 75.5 Å². The Morgan fingerprint density at radius 1 is 1.04 bits per heavy atom. The van der Waals surface area contributed by atoms with Gasteiger partial charge in [-0.25, -0.2) is 0 Å². The van der Waals surface area contributed by atoms with Crippen LogP contribution in [-0.2, 0) is 11.3 Å². The zero-order valence-electron chi connectivity index (χ0n) is 16.2. The normalized spacial score (nSPS) is 21.9. The van der Waals surface area contributed by atoms with Crippen molar-refractivity contribution in [1.29, 1.82) is 0 Å². The molecule has 0 radical (unpaired) electrons. The highest BCUT2D eigenvalue weighted by atomic mass is 16.5. The molecule has 2 fully saturated rings. The molecule has 26 heavy (non-hydrogen) atoms. The molecule has 144 valence electrons. The molecule has 0 N–H and O–H groups in total. The third kappa shape index (κ3) is 4.50. The minimum Gasteiger partial charge on any atom is -0.493 e. The largest absolute Gasteiger partial charge is 0.493 e. The number of hydrogen-bond acceptors (Lipinski definition) is 4. The van der Waals surface area contributed by atoms with Gasteiger partial charge in [-0.05, 0) is 38.3 Å². The Morgan fingerprint density at radius 2 is 1.81 bits per heavy atom. The first-order chi connectivity index (χ1) is 12.7. The molecule has 5 heteroatoms. The lowest BCUT2D eigenvalue weighted by Gasteiger charge is -2.35. The molecule has 0 spiro atoms. The van der Waals surface area contributed by atoms with Crippen LogP contribution in [0.5, 0.6) is 11.5 Å². The molecule has 3 rings (SSSR count). The third-order valence-corrected chi connectivity index (χ3v) is 5.65. The van der Waals surface area contributed by atoms with Gasteiger partial charge in [0.2, 0.25) is 5.91 Å². The monoisotopic (exact) mass is 360 g/mol. The van der Waals surface area contributed by atoms with Crippen molar-refractivity contribution in [3.63, 3.8) is 0 Å². The first kappa shape index (κ1) is 19.0. The minimum absolute atomic E-state index is 0.137. The van der Waals surface area contributed by atoms with E-state index in [2.05, 4.69) is 15.9 Å². The molecule has 1 amide bonds. The quantitative estimate of drug-likeness (QED) is 0.808. The first-order valence-corrected chi connectivity index (χ1v) is 9.94. The summed E-state index contributed by atoms with van der Waals surface area (Å²) in [7, 11) is 3.35. The van der Waals surface area contributed by atoms with Gasteiger partial charge in [-0.1, -0.05) is 25.0 Å². The van der Waals surface area contributed by atoms with E-state index in [0.29, 0.717) is 5.91 Å². The summed E-state index contributed by atoms with van der Waals surface area (Å²) < 4.78 is 11.0. The van der Waals surface area contributed by atoms with Gasteiger partial charge in [0.25, 0.3) is 0 Å². The number of amides is 1. The van der Waals surface area contributed by atoms with Crippen LogP contribution < -0.4 is 9.47 Å². The van der Waals surface area contributed by atoms with E-state index in [1.54, 1.807) is 14.2 Å². The fourth-order valence-electron chi connectivity index (χ4n) is 4.27. The smallest absolute Gasteiger partial charge is 0.226 e. The lowest BCUT2D eigenvalue weighted by atomic mass is 9.95. The van der Waals surface area contributed by atoms with Gasteiger partial charge in [0.1, 0.15) is 0 Å². The zero-order chi connectivity index (χ0) is 18.4. The number of carbonyl (C=O) groups is 1.